The second-order valence-corrected chi connectivity index (χ2v) is 6.11. The number of rotatable bonds is 4. The van der Waals surface area contributed by atoms with Crippen molar-refractivity contribution >= 4 is 21.8 Å². The number of halogens is 1. The molecule has 0 unspecified atom stereocenters. The van der Waals surface area contributed by atoms with E-state index in [1.54, 1.807) is 6.92 Å². The Kier molecular flexibility index (Phi) is 5.40. The van der Waals surface area contributed by atoms with Gasteiger partial charge >= 0.3 is 0 Å². The highest BCUT2D eigenvalue weighted by Crippen LogP contribution is 2.13. The summed E-state index contributed by atoms with van der Waals surface area (Å²) < 4.78 is 1.13. The van der Waals surface area contributed by atoms with Crippen LogP contribution in [-0.2, 0) is 11.2 Å². The molecule has 1 fully saturated rings. The molecule has 0 atom stereocenters. The minimum Gasteiger partial charge on any atom is -0.354 e. The number of likely N-dealkylation sites (tertiary alicyclic amines) is 1. The van der Waals surface area contributed by atoms with Gasteiger partial charge in [0.05, 0.1) is 0 Å². The highest BCUT2D eigenvalue weighted by atomic mass is 79.9. The maximum Gasteiger partial charge on any atom is 0.217 e. The number of nitrogens with zero attached hydrogens (tertiary/aromatic N) is 1. The number of hydrogen-bond donors (Lipinski definition) is 1. The maximum absolute atomic E-state index is 11.0. The third-order valence-corrected chi connectivity index (χ3v) is 4.15. The Hall–Kier alpha value is -0.870. The second-order valence-electron chi connectivity index (χ2n) is 5.19. The molecule has 0 spiro atoms. The van der Waals surface area contributed by atoms with Gasteiger partial charge in [-0.2, -0.15) is 0 Å². The quantitative estimate of drug-likeness (QED) is 0.923. The molecular formula is C15H21BrN2O. The summed E-state index contributed by atoms with van der Waals surface area (Å²) in [5.74, 6) is 0.0910. The lowest BCUT2D eigenvalue weighted by atomic mass is 10.0. The van der Waals surface area contributed by atoms with Crippen LogP contribution in [0.2, 0.25) is 0 Å². The standard InChI is InChI=1S/C15H21BrN2O/c1-12(19)17-15-7-10-18(11-8-15)9-6-13-2-4-14(16)5-3-13/h2-5,15H,6-11H2,1H3,(H,17,19). The Morgan fingerprint density at radius 2 is 1.95 bits per heavy atom. The molecule has 0 radical (unpaired) electrons. The molecule has 0 aliphatic carbocycles. The molecule has 1 aliphatic heterocycles. The first-order valence-electron chi connectivity index (χ1n) is 6.87. The summed E-state index contributed by atoms with van der Waals surface area (Å²) in [5.41, 5.74) is 1.38. The van der Waals surface area contributed by atoms with E-state index < -0.39 is 0 Å². The van der Waals surface area contributed by atoms with E-state index in [2.05, 4.69) is 50.4 Å². The molecule has 3 nitrogen and oxygen atoms in total. The van der Waals surface area contributed by atoms with E-state index in [1.807, 2.05) is 0 Å². The first-order chi connectivity index (χ1) is 9.13. The van der Waals surface area contributed by atoms with Gasteiger partial charge in [0.15, 0.2) is 0 Å². The first-order valence-corrected chi connectivity index (χ1v) is 7.66. The van der Waals surface area contributed by atoms with Crippen LogP contribution in [0, 0.1) is 0 Å². The predicted molar refractivity (Wildman–Crippen MR) is 81.1 cm³/mol. The minimum atomic E-state index is 0.0910. The molecule has 104 valence electrons. The Balaban J connectivity index is 1.71. The molecule has 4 heteroatoms. The van der Waals surface area contributed by atoms with Gasteiger partial charge in [-0.3, -0.25) is 4.79 Å². The highest BCUT2D eigenvalue weighted by Gasteiger charge is 2.19. The topological polar surface area (TPSA) is 32.3 Å². The van der Waals surface area contributed by atoms with E-state index in [4.69, 9.17) is 0 Å². The van der Waals surface area contributed by atoms with Crippen molar-refractivity contribution in [2.24, 2.45) is 0 Å². The Bertz CT molecular complexity index is 411. The fourth-order valence-electron chi connectivity index (χ4n) is 2.53. The molecule has 1 saturated heterocycles. The Morgan fingerprint density at radius 3 is 2.53 bits per heavy atom. The number of piperidine rings is 1. The summed E-state index contributed by atoms with van der Waals surface area (Å²) in [5, 5.41) is 3.01. The Labute approximate surface area is 123 Å². The van der Waals surface area contributed by atoms with Crippen molar-refractivity contribution in [3.8, 4) is 0 Å². The van der Waals surface area contributed by atoms with E-state index >= 15 is 0 Å². The average molecular weight is 325 g/mol. The van der Waals surface area contributed by atoms with Crippen LogP contribution in [0.25, 0.3) is 0 Å². The van der Waals surface area contributed by atoms with Crippen molar-refractivity contribution < 1.29 is 4.79 Å². The molecule has 1 amide bonds. The third-order valence-electron chi connectivity index (χ3n) is 3.62. The van der Waals surface area contributed by atoms with E-state index in [0.29, 0.717) is 6.04 Å². The number of benzene rings is 1. The van der Waals surface area contributed by atoms with Crippen molar-refractivity contribution in [2.75, 3.05) is 19.6 Å². The lowest BCUT2D eigenvalue weighted by molar-refractivity contribution is -0.119. The number of amides is 1. The fraction of sp³-hybridized carbons (Fsp3) is 0.533. The third kappa shape index (κ3) is 4.96. The van der Waals surface area contributed by atoms with Gasteiger partial charge in [-0.05, 0) is 37.0 Å². The van der Waals surface area contributed by atoms with Crippen LogP contribution < -0.4 is 5.32 Å². The monoisotopic (exact) mass is 324 g/mol. The van der Waals surface area contributed by atoms with Gasteiger partial charge in [0, 0.05) is 37.1 Å². The summed E-state index contributed by atoms with van der Waals surface area (Å²) in [6.07, 6.45) is 3.23. The average Bonchev–Trinajstić information content (AvgIpc) is 2.39. The van der Waals surface area contributed by atoms with Gasteiger partial charge in [-0.15, -0.1) is 0 Å². The van der Waals surface area contributed by atoms with Crippen LogP contribution in [-0.4, -0.2) is 36.5 Å². The molecule has 0 saturated carbocycles. The zero-order valence-electron chi connectivity index (χ0n) is 11.4. The largest absolute Gasteiger partial charge is 0.354 e. The molecule has 0 aromatic heterocycles. The number of carbonyl (C=O) groups is 1. The predicted octanol–water partition coefficient (Wildman–Crippen LogP) is 2.59. The summed E-state index contributed by atoms with van der Waals surface area (Å²) >= 11 is 3.45. The van der Waals surface area contributed by atoms with Crippen LogP contribution in [0.5, 0.6) is 0 Å². The van der Waals surface area contributed by atoms with Crippen molar-refractivity contribution in [1.82, 2.24) is 10.2 Å². The summed E-state index contributed by atoms with van der Waals surface area (Å²) in [4.78, 5) is 13.5. The fourth-order valence-corrected chi connectivity index (χ4v) is 2.79. The SMILES string of the molecule is CC(=O)NC1CCN(CCc2ccc(Br)cc2)CC1. The van der Waals surface area contributed by atoms with E-state index in [-0.39, 0.29) is 5.91 Å². The highest BCUT2D eigenvalue weighted by molar-refractivity contribution is 9.10. The van der Waals surface area contributed by atoms with Crippen molar-refractivity contribution in [3.63, 3.8) is 0 Å². The minimum absolute atomic E-state index is 0.0910. The van der Waals surface area contributed by atoms with Crippen LogP contribution in [0.15, 0.2) is 28.7 Å². The van der Waals surface area contributed by atoms with Crippen molar-refractivity contribution in [3.05, 3.63) is 34.3 Å². The van der Waals surface area contributed by atoms with Crippen LogP contribution >= 0.6 is 15.9 Å². The number of carbonyl (C=O) groups excluding carboxylic acids is 1. The second kappa shape index (κ2) is 7.06. The molecule has 1 aromatic carbocycles. The lowest BCUT2D eigenvalue weighted by Gasteiger charge is -2.32. The first kappa shape index (κ1) is 14.5. The van der Waals surface area contributed by atoms with E-state index in [0.717, 1.165) is 43.4 Å². The smallest absolute Gasteiger partial charge is 0.217 e. The molecule has 2 rings (SSSR count). The van der Waals surface area contributed by atoms with Crippen LogP contribution in [0.1, 0.15) is 25.3 Å². The van der Waals surface area contributed by atoms with Gasteiger partial charge in [0.25, 0.3) is 0 Å². The molecule has 0 bridgehead atoms. The summed E-state index contributed by atoms with van der Waals surface area (Å²) in [6.45, 7) is 4.87. The summed E-state index contributed by atoms with van der Waals surface area (Å²) in [6, 6.07) is 8.92. The van der Waals surface area contributed by atoms with Gasteiger partial charge < -0.3 is 10.2 Å². The van der Waals surface area contributed by atoms with E-state index in [1.165, 1.54) is 5.56 Å². The summed E-state index contributed by atoms with van der Waals surface area (Å²) in [7, 11) is 0. The zero-order valence-corrected chi connectivity index (χ0v) is 12.9. The molecule has 1 N–H and O–H groups in total. The number of nitrogens with one attached hydrogen (secondary N) is 1. The molecular weight excluding hydrogens is 304 g/mol. The molecule has 1 heterocycles. The lowest BCUT2D eigenvalue weighted by Crippen LogP contribution is -2.44. The van der Waals surface area contributed by atoms with Gasteiger partial charge in [-0.1, -0.05) is 28.1 Å². The van der Waals surface area contributed by atoms with Crippen LogP contribution in [0.4, 0.5) is 0 Å². The molecule has 19 heavy (non-hydrogen) atoms. The molecule has 1 aliphatic rings. The maximum atomic E-state index is 11.0. The Morgan fingerprint density at radius 1 is 1.32 bits per heavy atom. The number of hydrogen-bond acceptors (Lipinski definition) is 2. The molecule has 1 aromatic rings. The van der Waals surface area contributed by atoms with Gasteiger partial charge in [0.1, 0.15) is 0 Å². The van der Waals surface area contributed by atoms with Crippen molar-refractivity contribution in [1.29, 1.82) is 0 Å². The van der Waals surface area contributed by atoms with Crippen LogP contribution in [0.3, 0.4) is 0 Å². The normalized spacial score (nSPS) is 17.4. The van der Waals surface area contributed by atoms with Gasteiger partial charge in [-0.25, -0.2) is 0 Å². The van der Waals surface area contributed by atoms with Gasteiger partial charge in [0.2, 0.25) is 5.91 Å². The van der Waals surface area contributed by atoms with E-state index in [9.17, 15) is 4.79 Å². The zero-order chi connectivity index (χ0) is 13.7. The van der Waals surface area contributed by atoms with Crippen molar-refractivity contribution in [2.45, 2.75) is 32.2 Å².